The van der Waals surface area contributed by atoms with Crippen LogP contribution in [0.4, 0.5) is 0 Å². The van der Waals surface area contributed by atoms with Gasteiger partial charge in [0.2, 0.25) is 0 Å². The molecule has 3 aromatic rings. The van der Waals surface area contributed by atoms with E-state index in [-0.39, 0.29) is 36.1 Å². The van der Waals surface area contributed by atoms with Crippen LogP contribution in [0.25, 0.3) is 0 Å². The van der Waals surface area contributed by atoms with Gasteiger partial charge in [-0.15, -0.1) is 0 Å². The van der Waals surface area contributed by atoms with Crippen LogP contribution in [0, 0.1) is 6.92 Å². The fourth-order valence-electron chi connectivity index (χ4n) is 3.49. The van der Waals surface area contributed by atoms with Crippen LogP contribution in [0.5, 0.6) is 11.5 Å². The van der Waals surface area contributed by atoms with Gasteiger partial charge in [0.15, 0.2) is 0 Å². The molecule has 11 heteroatoms. The number of methoxy groups -OCH3 is 1. The lowest BCUT2D eigenvalue weighted by molar-refractivity contribution is -0.123. The van der Waals surface area contributed by atoms with Gasteiger partial charge in [-0.3, -0.25) is 19.4 Å². The molecule has 1 aliphatic heterocycles. The molecule has 0 fully saturated rings. The first-order valence-corrected chi connectivity index (χ1v) is 9.66. The summed E-state index contributed by atoms with van der Waals surface area (Å²) in [5.74, 6) is 0.338. The van der Waals surface area contributed by atoms with Crippen LogP contribution in [0.15, 0.2) is 42.9 Å². The predicted octanol–water partition coefficient (Wildman–Crippen LogP) is 2.02. The number of aryl methyl sites for hydroxylation is 1. The van der Waals surface area contributed by atoms with Gasteiger partial charge in [0.1, 0.15) is 11.5 Å². The molecule has 33 heavy (non-hydrogen) atoms. The Bertz CT molecular complexity index is 1090. The number of amides is 1. The number of benzene rings is 1. The quantitative estimate of drug-likeness (QED) is 0.431. The topological polar surface area (TPSA) is 166 Å². The van der Waals surface area contributed by atoms with Gasteiger partial charge >= 0.3 is 0 Å². The zero-order valence-corrected chi connectivity index (χ0v) is 18.0. The van der Waals surface area contributed by atoms with Crippen molar-refractivity contribution in [2.24, 2.45) is 0 Å². The number of rotatable bonds is 3. The van der Waals surface area contributed by atoms with Crippen molar-refractivity contribution in [3.8, 4) is 11.5 Å². The minimum absolute atomic E-state index is 0.0795. The third-order valence-electron chi connectivity index (χ3n) is 4.87. The van der Waals surface area contributed by atoms with Crippen LogP contribution in [0.1, 0.15) is 38.9 Å². The number of carbonyl (C=O) groups excluding carboxylic acids is 1. The fourth-order valence-corrected chi connectivity index (χ4v) is 3.49. The van der Waals surface area contributed by atoms with E-state index in [0.717, 1.165) is 22.7 Å². The van der Waals surface area contributed by atoms with E-state index in [1.165, 1.54) is 6.20 Å². The molecule has 2 aromatic heterocycles. The Morgan fingerprint density at radius 2 is 1.91 bits per heavy atom. The standard InChI is InChI=1S/C20H20N4O3.2CH2O2/c1-12-6-15(18(25)8-21-12)20(26)24-9-16(19-17(10-24)22-11-23-19)13-4-3-5-14(7-13)27-2;2*2-1-3/h3-8,11,16,25H,9-10H2,1-2H3,(H,22,23);2*1H,(H,2,3). The highest BCUT2D eigenvalue weighted by Crippen LogP contribution is 2.34. The molecule has 1 aliphatic rings. The zero-order valence-electron chi connectivity index (χ0n) is 18.0. The summed E-state index contributed by atoms with van der Waals surface area (Å²) >= 11 is 0. The molecule has 174 valence electrons. The number of H-pyrrole nitrogens is 1. The van der Waals surface area contributed by atoms with Crippen LogP contribution in [0.3, 0.4) is 0 Å². The van der Waals surface area contributed by atoms with Gasteiger partial charge in [-0.1, -0.05) is 12.1 Å². The molecule has 0 saturated heterocycles. The molecule has 0 saturated carbocycles. The number of carbonyl (C=O) groups is 3. The van der Waals surface area contributed by atoms with Gasteiger partial charge in [0.25, 0.3) is 18.9 Å². The molecule has 0 radical (unpaired) electrons. The lowest BCUT2D eigenvalue weighted by Crippen LogP contribution is -2.38. The summed E-state index contributed by atoms with van der Waals surface area (Å²) in [5.41, 5.74) is 3.79. The number of imidazole rings is 1. The molecule has 0 aliphatic carbocycles. The molecule has 11 nitrogen and oxygen atoms in total. The first kappa shape index (κ1) is 24.9. The molecule has 4 N–H and O–H groups in total. The van der Waals surface area contributed by atoms with Gasteiger partial charge in [-0.05, 0) is 30.7 Å². The maximum Gasteiger partial charge on any atom is 0.290 e. The van der Waals surface area contributed by atoms with E-state index >= 15 is 0 Å². The number of nitrogens with one attached hydrogen (secondary N) is 1. The van der Waals surface area contributed by atoms with Crippen molar-refractivity contribution in [1.29, 1.82) is 0 Å². The van der Waals surface area contributed by atoms with Crippen molar-refractivity contribution in [2.45, 2.75) is 19.4 Å². The molecule has 1 atom stereocenters. The van der Waals surface area contributed by atoms with Gasteiger partial charge in [-0.25, -0.2) is 4.98 Å². The number of hydrogen-bond acceptors (Lipinski definition) is 7. The molecule has 3 heterocycles. The molecule has 0 bridgehead atoms. The number of fused-ring (bicyclic) bond motifs is 1. The van der Waals surface area contributed by atoms with Crippen molar-refractivity contribution in [3.63, 3.8) is 0 Å². The Hall–Kier alpha value is -4.41. The van der Waals surface area contributed by atoms with Crippen molar-refractivity contribution in [1.82, 2.24) is 19.9 Å². The van der Waals surface area contributed by atoms with E-state index in [2.05, 4.69) is 15.0 Å². The van der Waals surface area contributed by atoms with Gasteiger partial charge in [0, 0.05) is 18.2 Å². The molecule has 1 aromatic carbocycles. The predicted molar refractivity (Wildman–Crippen MR) is 116 cm³/mol. The highest BCUT2D eigenvalue weighted by atomic mass is 16.5. The largest absolute Gasteiger partial charge is 0.505 e. The van der Waals surface area contributed by atoms with E-state index < -0.39 is 0 Å². The second-order valence-electron chi connectivity index (χ2n) is 6.83. The molecular formula is C22H24N4O7. The van der Waals surface area contributed by atoms with Crippen LogP contribution in [-0.4, -0.2) is 67.7 Å². The van der Waals surface area contributed by atoms with Crippen LogP contribution in [0.2, 0.25) is 0 Å². The van der Waals surface area contributed by atoms with Crippen molar-refractivity contribution in [3.05, 3.63) is 71.1 Å². The first-order chi connectivity index (χ1) is 15.9. The summed E-state index contributed by atoms with van der Waals surface area (Å²) in [5, 5.41) is 23.9. The third kappa shape index (κ3) is 6.06. The van der Waals surface area contributed by atoms with Gasteiger partial charge < -0.3 is 29.9 Å². The summed E-state index contributed by atoms with van der Waals surface area (Å²) in [4.78, 5) is 43.2. The minimum atomic E-state index is -0.250. The number of nitrogens with zero attached hydrogens (tertiary/aromatic N) is 3. The maximum absolute atomic E-state index is 13.1. The molecular weight excluding hydrogens is 432 g/mol. The molecule has 1 unspecified atom stereocenters. The summed E-state index contributed by atoms with van der Waals surface area (Å²) in [6.45, 7) is 2.17. The number of aromatic amines is 1. The summed E-state index contributed by atoms with van der Waals surface area (Å²) < 4.78 is 5.34. The van der Waals surface area contributed by atoms with E-state index in [1.807, 2.05) is 24.3 Å². The highest BCUT2D eigenvalue weighted by molar-refractivity contribution is 5.97. The smallest absolute Gasteiger partial charge is 0.290 e. The second-order valence-corrected chi connectivity index (χ2v) is 6.83. The second kappa shape index (κ2) is 11.8. The van der Waals surface area contributed by atoms with E-state index in [1.54, 1.807) is 31.3 Å². The Kier molecular flexibility index (Phi) is 8.92. The minimum Gasteiger partial charge on any atom is -0.505 e. The average Bonchev–Trinajstić information content (AvgIpc) is 3.29. The average molecular weight is 456 g/mol. The van der Waals surface area contributed by atoms with Crippen LogP contribution in [-0.2, 0) is 16.1 Å². The Morgan fingerprint density at radius 3 is 2.58 bits per heavy atom. The Balaban J connectivity index is 0.000000582. The Morgan fingerprint density at radius 1 is 1.21 bits per heavy atom. The number of carboxylic acid groups (broad SMARTS) is 2. The molecule has 4 rings (SSSR count). The maximum atomic E-state index is 13.1. The SMILES string of the molecule is COc1cccc(C2CN(C(=O)c3cc(C)ncc3O)Cc3[nH]cnc32)c1.O=CO.O=CO. The number of aromatic hydroxyl groups is 1. The van der Waals surface area contributed by atoms with Crippen molar-refractivity contribution >= 4 is 18.9 Å². The summed E-state index contributed by atoms with van der Waals surface area (Å²) in [6, 6.07) is 9.40. The van der Waals surface area contributed by atoms with E-state index in [0.29, 0.717) is 18.8 Å². The van der Waals surface area contributed by atoms with E-state index in [9.17, 15) is 9.90 Å². The highest BCUT2D eigenvalue weighted by Gasteiger charge is 2.32. The zero-order chi connectivity index (χ0) is 24.4. The monoisotopic (exact) mass is 456 g/mol. The molecule has 0 spiro atoms. The van der Waals surface area contributed by atoms with Crippen LogP contribution < -0.4 is 4.74 Å². The van der Waals surface area contributed by atoms with Gasteiger partial charge in [-0.2, -0.15) is 0 Å². The van der Waals surface area contributed by atoms with Crippen molar-refractivity contribution in [2.75, 3.05) is 13.7 Å². The first-order valence-electron chi connectivity index (χ1n) is 9.66. The van der Waals surface area contributed by atoms with E-state index in [4.69, 9.17) is 24.5 Å². The third-order valence-corrected chi connectivity index (χ3v) is 4.87. The van der Waals surface area contributed by atoms with Gasteiger partial charge in [0.05, 0.1) is 43.1 Å². The summed E-state index contributed by atoms with van der Waals surface area (Å²) in [7, 11) is 1.63. The number of aromatic nitrogens is 3. The summed E-state index contributed by atoms with van der Waals surface area (Å²) in [6.07, 6.45) is 2.97. The number of hydrogen-bond donors (Lipinski definition) is 4. The lowest BCUT2D eigenvalue weighted by atomic mass is 9.90. The Labute approximate surface area is 189 Å². The normalized spacial score (nSPS) is 13.9. The fraction of sp³-hybridized carbons (Fsp3) is 0.227. The number of pyridine rings is 1. The van der Waals surface area contributed by atoms with Crippen LogP contribution >= 0.6 is 0 Å². The van der Waals surface area contributed by atoms with Crippen molar-refractivity contribution < 1.29 is 34.4 Å². The number of ether oxygens (including phenoxy) is 1. The molecule has 1 amide bonds. The lowest BCUT2D eigenvalue weighted by Gasteiger charge is -2.32.